The molecule has 2 atom stereocenters. The lowest BCUT2D eigenvalue weighted by Gasteiger charge is -2.44. The lowest BCUT2D eigenvalue weighted by atomic mass is 9.75. The van der Waals surface area contributed by atoms with Gasteiger partial charge in [0.2, 0.25) is 0 Å². The van der Waals surface area contributed by atoms with Gasteiger partial charge < -0.3 is 5.32 Å². The highest BCUT2D eigenvalue weighted by atomic mass is 15.0. The molecule has 0 saturated carbocycles. The van der Waals surface area contributed by atoms with Gasteiger partial charge in [0.15, 0.2) is 0 Å². The van der Waals surface area contributed by atoms with Crippen LogP contribution in [0.25, 0.3) is 0 Å². The summed E-state index contributed by atoms with van der Waals surface area (Å²) < 4.78 is 0. The first-order valence-corrected chi connectivity index (χ1v) is 9.86. The molecular weight excluding hydrogens is 326 g/mol. The number of aryl methyl sites for hydroxylation is 2. The summed E-state index contributed by atoms with van der Waals surface area (Å²) in [6.45, 7) is 19.5. The van der Waals surface area contributed by atoms with E-state index in [0.29, 0.717) is 17.4 Å². The summed E-state index contributed by atoms with van der Waals surface area (Å²) in [4.78, 5) is 0. The lowest BCUT2D eigenvalue weighted by molar-refractivity contribution is 0.309. The van der Waals surface area contributed by atoms with Crippen molar-refractivity contribution in [2.45, 2.75) is 53.5 Å². The highest BCUT2D eigenvalue weighted by molar-refractivity contribution is 5.31. The van der Waals surface area contributed by atoms with Crippen molar-refractivity contribution in [1.82, 2.24) is 5.32 Å². The summed E-state index contributed by atoms with van der Waals surface area (Å²) in [6, 6.07) is 19.4. The molecule has 2 aromatic rings. The van der Waals surface area contributed by atoms with Gasteiger partial charge in [-0.3, -0.25) is 0 Å². The standard InChI is InChI=1S/C19H27N.C7H8/c1-13-8-7-9-16(10-13)11-17-15(3)20-18(17)14(2)12-19(4,5)6;1-7-5-3-2-4-6-7/h7-10,17-18,20H,2-3,11-12H2,1,4-6H3;2-6H,1H3. The molecule has 2 aromatic carbocycles. The van der Waals surface area contributed by atoms with E-state index in [1.807, 2.05) is 18.2 Å². The van der Waals surface area contributed by atoms with Crippen LogP contribution in [-0.4, -0.2) is 6.04 Å². The molecule has 1 aliphatic heterocycles. The second-order valence-electron chi connectivity index (χ2n) is 9.00. The molecule has 1 heterocycles. The van der Waals surface area contributed by atoms with E-state index in [1.165, 1.54) is 22.3 Å². The monoisotopic (exact) mass is 361 g/mol. The van der Waals surface area contributed by atoms with Gasteiger partial charge in [0, 0.05) is 11.6 Å². The molecule has 27 heavy (non-hydrogen) atoms. The SMILES string of the molecule is C=C1NC(C(=C)CC(C)(C)C)C1Cc1cccc(C)c1.Cc1ccccc1. The van der Waals surface area contributed by atoms with Crippen LogP contribution in [0.1, 0.15) is 43.9 Å². The topological polar surface area (TPSA) is 12.0 Å². The normalized spacial score (nSPS) is 18.6. The summed E-state index contributed by atoms with van der Waals surface area (Å²) in [7, 11) is 0. The van der Waals surface area contributed by atoms with Crippen LogP contribution in [0, 0.1) is 25.2 Å². The van der Waals surface area contributed by atoms with Gasteiger partial charge in [-0.2, -0.15) is 0 Å². The van der Waals surface area contributed by atoms with Gasteiger partial charge in [0.1, 0.15) is 0 Å². The summed E-state index contributed by atoms with van der Waals surface area (Å²) in [6.07, 6.45) is 2.11. The second kappa shape index (κ2) is 9.08. The minimum Gasteiger partial charge on any atom is -0.381 e. The largest absolute Gasteiger partial charge is 0.381 e. The van der Waals surface area contributed by atoms with Crippen LogP contribution in [0.4, 0.5) is 0 Å². The van der Waals surface area contributed by atoms with E-state index < -0.39 is 0 Å². The van der Waals surface area contributed by atoms with Gasteiger partial charge >= 0.3 is 0 Å². The first-order chi connectivity index (χ1) is 12.7. The molecule has 0 aliphatic carbocycles. The molecule has 1 saturated heterocycles. The Labute approximate surface area is 166 Å². The number of hydrogen-bond acceptors (Lipinski definition) is 1. The minimum absolute atomic E-state index is 0.295. The van der Waals surface area contributed by atoms with Gasteiger partial charge in [-0.1, -0.05) is 105 Å². The predicted octanol–water partition coefficient (Wildman–Crippen LogP) is 6.63. The van der Waals surface area contributed by atoms with E-state index in [1.54, 1.807) is 0 Å². The van der Waals surface area contributed by atoms with Crippen LogP contribution in [0.2, 0.25) is 0 Å². The van der Waals surface area contributed by atoms with Crippen LogP contribution in [-0.2, 0) is 6.42 Å². The van der Waals surface area contributed by atoms with Gasteiger partial charge in [-0.05, 0) is 37.7 Å². The molecule has 0 radical (unpaired) electrons. The third kappa shape index (κ3) is 6.75. The van der Waals surface area contributed by atoms with Crippen molar-refractivity contribution in [2.24, 2.45) is 11.3 Å². The number of nitrogens with one attached hydrogen (secondary N) is 1. The average Bonchev–Trinajstić information content (AvgIpc) is 2.57. The smallest absolute Gasteiger partial charge is 0.0554 e. The van der Waals surface area contributed by atoms with E-state index in [0.717, 1.165) is 18.5 Å². The second-order valence-corrected chi connectivity index (χ2v) is 9.00. The number of hydrogen-bond donors (Lipinski definition) is 1. The summed E-state index contributed by atoms with van der Waals surface area (Å²) in [5.74, 6) is 0.492. The zero-order valence-corrected chi connectivity index (χ0v) is 17.7. The van der Waals surface area contributed by atoms with E-state index >= 15 is 0 Å². The molecule has 1 nitrogen and oxygen atoms in total. The minimum atomic E-state index is 0.295. The molecule has 0 spiro atoms. The molecule has 1 heteroatoms. The zero-order valence-electron chi connectivity index (χ0n) is 17.7. The molecule has 3 rings (SSSR count). The fourth-order valence-corrected chi connectivity index (χ4v) is 3.56. The fraction of sp³-hybridized carbons (Fsp3) is 0.385. The fourth-order valence-electron chi connectivity index (χ4n) is 3.56. The van der Waals surface area contributed by atoms with Crippen molar-refractivity contribution in [2.75, 3.05) is 0 Å². The van der Waals surface area contributed by atoms with E-state index in [-0.39, 0.29) is 0 Å². The quantitative estimate of drug-likeness (QED) is 0.603. The summed E-state index contributed by atoms with van der Waals surface area (Å²) >= 11 is 0. The first-order valence-electron chi connectivity index (χ1n) is 9.86. The molecule has 0 aromatic heterocycles. The Morgan fingerprint density at radius 3 is 2.07 bits per heavy atom. The van der Waals surface area contributed by atoms with E-state index in [2.05, 4.69) is 89.5 Å². The summed E-state index contributed by atoms with van der Waals surface area (Å²) in [5, 5.41) is 3.46. The highest BCUT2D eigenvalue weighted by Crippen LogP contribution is 2.36. The molecule has 1 aliphatic rings. The van der Waals surface area contributed by atoms with Crippen LogP contribution < -0.4 is 5.32 Å². The molecule has 0 bridgehead atoms. The van der Waals surface area contributed by atoms with E-state index in [9.17, 15) is 0 Å². The summed E-state index contributed by atoms with van der Waals surface area (Å²) in [5.41, 5.74) is 6.80. The third-order valence-electron chi connectivity index (χ3n) is 4.87. The first kappa shape index (κ1) is 21.0. The van der Waals surface area contributed by atoms with Gasteiger partial charge in [0.25, 0.3) is 0 Å². The Balaban J connectivity index is 0.000000313. The molecule has 2 unspecified atom stereocenters. The Hall–Kier alpha value is -2.28. The Kier molecular flexibility index (Phi) is 7.07. The van der Waals surface area contributed by atoms with Crippen LogP contribution in [0.15, 0.2) is 79.0 Å². The maximum Gasteiger partial charge on any atom is 0.0554 e. The third-order valence-corrected chi connectivity index (χ3v) is 4.87. The van der Waals surface area contributed by atoms with Gasteiger partial charge in [0.05, 0.1) is 6.04 Å². The van der Waals surface area contributed by atoms with Crippen molar-refractivity contribution in [1.29, 1.82) is 0 Å². The van der Waals surface area contributed by atoms with Gasteiger partial charge in [-0.25, -0.2) is 0 Å². The maximum atomic E-state index is 4.30. The highest BCUT2D eigenvalue weighted by Gasteiger charge is 2.36. The van der Waals surface area contributed by atoms with Crippen molar-refractivity contribution in [3.63, 3.8) is 0 Å². The molecule has 1 N–H and O–H groups in total. The Morgan fingerprint density at radius 1 is 0.963 bits per heavy atom. The number of benzene rings is 2. The zero-order chi connectivity index (χ0) is 20.0. The van der Waals surface area contributed by atoms with Gasteiger partial charge in [-0.15, -0.1) is 0 Å². The van der Waals surface area contributed by atoms with Crippen molar-refractivity contribution >= 4 is 0 Å². The average molecular weight is 362 g/mol. The molecule has 144 valence electrons. The Bertz CT molecular complexity index is 764. The molecular formula is C26H35N. The molecule has 0 amide bonds. The maximum absolute atomic E-state index is 4.30. The van der Waals surface area contributed by atoms with Crippen LogP contribution in [0.3, 0.4) is 0 Å². The molecule has 1 fully saturated rings. The lowest BCUT2D eigenvalue weighted by Crippen LogP contribution is -2.52. The van der Waals surface area contributed by atoms with Crippen molar-refractivity contribution in [3.05, 3.63) is 95.7 Å². The van der Waals surface area contributed by atoms with Crippen LogP contribution >= 0.6 is 0 Å². The van der Waals surface area contributed by atoms with E-state index in [4.69, 9.17) is 0 Å². The number of rotatable bonds is 4. The predicted molar refractivity (Wildman–Crippen MR) is 119 cm³/mol. The Morgan fingerprint density at radius 2 is 1.59 bits per heavy atom. The van der Waals surface area contributed by atoms with Crippen molar-refractivity contribution < 1.29 is 0 Å². The van der Waals surface area contributed by atoms with Crippen LogP contribution in [0.5, 0.6) is 0 Å². The van der Waals surface area contributed by atoms with Crippen molar-refractivity contribution in [3.8, 4) is 0 Å².